The zero-order chi connectivity index (χ0) is 14.9. The minimum atomic E-state index is 0.196. The van der Waals surface area contributed by atoms with E-state index in [2.05, 4.69) is 72.9 Å². The third-order valence-corrected chi connectivity index (χ3v) is 6.00. The Morgan fingerprint density at radius 3 is 2.45 bits per heavy atom. The zero-order valence-electron chi connectivity index (χ0n) is 12.1. The Morgan fingerprint density at radius 2 is 1.90 bits per heavy atom. The average Bonchev–Trinajstić information content (AvgIpc) is 2.84. The molecule has 0 spiro atoms. The fourth-order valence-corrected chi connectivity index (χ4v) is 4.12. The summed E-state index contributed by atoms with van der Waals surface area (Å²) in [7, 11) is 2.00. The molecule has 2 rings (SSSR count). The molecule has 108 valence electrons. The summed E-state index contributed by atoms with van der Waals surface area (Å²) in [4.78, 5) is 2.74. The van der Waals surface area contributed by atoms with Crippen molar-refractivity contribution in [2.24, 2.45) is 0 Å². The van der Waals surface area contributed by atoms with E-state index in [1.165, 1.54) is 18.9 Å². The lowest BCUT2D eigenvalue weighted by Crippen LogP contribution is -2.17. The standard InChI is InChI=1S/C16H19ClINS/c1-16(2,3)14-8-7-13(20-14)15(19-4)11-9-10(17)5-6-12(11)18/h5-9,15,19H,1-4H3. The molecule has 20 heavy (non-hydrogen) atoms. The van der Waals surface area contributed by atoms with Crippen molar-refractivity contribution in [3.05, 3.63) is 54.2 Å². The van der Waals surface area contributed by atoms with Crippen LogP contribution in [0.2, 0.25) is 5.02 Å². The minimum absolute atomic E-state index is 0.196. The molecule has 1 nitrogen and oxygen atoms in total. The van der Waals surface area contributed by atoms with E-state index in [-0.39, 0.29) is 11.5 Å². The van der Waals surface area contributed by atoms with Crippen LogP contribution in [0.15, 0.2) is 30.3 Å². The molecule has 0 aliphatic rings. The van der Waals surface area contributed by atoms with Crippen LogP contribution in [0.25, 0.3) is 0 Å². The predicted molar refractivity (Wildman–Crippen MR) is 98.1 cm³/mol. The molecule has 1 N–H and O–H groups in total. The van der Waals surface area contributed by atoms with Crippen LogP contribution < -0.4 is 5.32 Å². The Bertz CT molecular complexity index is 601. The predicted octanol–water partition coefficient (Wildman–Crippen LogP) is 5.61. The van der Waals surface area contributed by atoms with E-state index >= 15 is 0 Å². The van der Waals surface area contributed by atoms with Crippen LogP contribution in [0.5, 0.6) is 0 Å². The summed E-state index contributed by atoms with van der Waals surface area (Å²) in [6.07, 6.45) is 0. The quantitative estimate of drug-likeness (QED) is 0.637. The SMILES string of the molecule is CNC(c1ccc(C(C)(C)C)s1)c1cc(Cl)ccc1I. The Hall–Kier alpha value is -0.100. The molecule has 1 heterocycles. The van der Waals surface area contributed by atoms with Crippen LogP contribution in [-0.4, -0.2) is 7.05 Å². The van der Waals surface area contributed by atoms with Crippen molar-refractivity contribution in [1.82, 2.24) is 5.32 Å². The van der Waals surface area contributed by atoms with Gasteiger partial charge < -0.3 is 5.32 Å². The van der Waals surface area contributed by atoms with Gasteiger partial charge in [-0.2, -0.15) is 0 Å². The van der Waals surface area contributed by atoms with Gasteiger partial charge in [0.1, 0.15) is 0 Å². The monoisotopic (exact) mass is 419 g/mol. The summed E-state index contributed by atoms with van der Waals surface area (Å²) < 4.78 is 1.23. The molecule has 4 heteroatoms. The molecule has 1 aromatic heterocycles. The summed E-state index contributed by atoms with van der Waals surface area (Å²) in [6.45, 7) is 6.75. The molecule has 0 radical (unpaired) electrons. The molecular formula is C16H19ClINS. The Kier molecular flexibility index (Phi) is 5.16. The lowest BCUT2D eigenvalue weighted by atomic mass is 9.95. The number of benzene rings is 1. The second kappa shape index (κ2) is 6.34. The lowest BCUT2D eigenvalue weighted by molar-refractivity contribution is 0.604. The number of rotatable bonds is 3. The van der Waals surface area contributed by atoms with Gasteiger partial charge in [-0.25, -0.2) is 0 Å². The summed E-state index contributed by atoms with van der Waals surface area (Å²) in [5.74, 6) is 0. The maximum Gasteiger partial charge on any atom is 0.0679 e. The largest absolute Gasteiger partial charge is 0.309 e. The smallest absolute Gasteiger partial charge is 0.0679 e. The highest BCUT2D eigenvalue weighted by molar-refractivity contribution is 14.1. The average molecular weight is 420 g/mol. The van der Waals surface area contributed by atoms with Gasteiger partial charge in [0.25, 0.3) is 0 Å². The van der Waals surface area contributed by atoms with E-state index in [9.17, 15) is 0 Å². The maximum absolute atomic E-state index is 6.16. The van der Waals surface area contributed by atoms with Gasteiger partial charge in [0.2, 0.25) is 0 Å². The molecule has 0 amide bonds. The van der Waals surface area contributed by atoms with E-state index < -0.39 is 0 Å². The third-order valence-electron chi connectivity index (χ3n) is 3.21. The lowest BCUT2D eigenvalue weighted by Gasteiger charge is -2.18. The molecule has 0 aliphatic heterocycles. The fraction of sp³-hybridized carbons (Fsp3) is 0.375. The first-order chi connectivity index (χ1) is 9.32. The van der Waals surface area contributed by atoms with Crippen molar-refractivity contribution in [3.63, 3.8) is 0 Å². The zero-order valence-corrected chi connectivity index (χ0v) is 15.9. The Morgan fingerprint density at radius 1 is 1.20 bits per heavy atom. The van der Waals surface area contributed by atoms with Gasteiger partial charge in [-0.15, -0.1) is 11.3 Å². The molecule has 0 aliphatic carbocycles. The van der Waals surface area contributed by atoms with Crippen LogP contribution in [0.4, 0.5) is 0 Å². The van der Waals surface area contributed by atoms with Crippen LogP contribution in [0, 0.1) is 3.57 Å². The summed E-state index contributed by atoms with van der Waals surface area (Å²) in [6, 6.07) is 10.7. The highest BCUT2D eigenvalue weighted by atomic mass is 127. The second-order valence-corrected chi connectivity index (χ2v) is 8.55. The molecular weight excluding hydrogens is 401 g/mol. The van der Waals surface area contributed by atoms with Crippen LogP contribution in [0.3, 0.4) is 0 Å². The third kappa shape index (κ3) is 3.56. The molecule has 1 aromatic carbocycles. The van der Waals surface area contributed by atoms with Crippen molar-refractivity contribution in [2.45, 2.75) is 32.2 Å². The van der Waals surface area contributed by atoms with E-state index in [0.29, 0.717) is 0 Å². The van der Waals surface area contributed by atoms with Crippen molar-refractivity contribution in [3.8, 4) is 0 Å². The summed E-state index contributed by atoms with van der Waals surface area (Å²) >= 11 is 10.4. The van der Waals surface area contributed by atoms with E-state index in [1.54, 1.807) is 0 Å². The van der Waals surface area contributed by atoms with Gasteiger partial charge in [0.15, 0.2) is 0 Å². The number of nitrogens with one attached hydrogen (secondary N) is 1. The summed E-state index contributed by atoms with van der Waals surface area (Å²) in [5, 5.41) is 4.20. The minimum Gasteiger partial charge on any atom is -0.309 e. The summed E-state index contributed by atoms with van der Waals surface area (Å²) in [5.41, 5.74) is 1.44. The molecule has 1 atom stereocenters. The molecule has 0 bridgehead atoms. The number of halogens is 2. The van der Waals surface area contributed by atoms with E-state index in [4.69, 9.17) is 11.6 Å². The molecule has 0 saturated carbocycles. The molecule has 2 aromatic rings. The Balaban J connectivity index is 2.42. The normalized spacial score (nSPS) is 13.5. The first-order valence-electron chi connectivity index (χ1n) is 6.55. The van der Waals surface area contributed by atoms with Crippen molar-refractivity contribution >= 4 is 45.5 Å². The van der Waals surface area contributed by atoms with Crippen molar-refractivity contribution < 1.29 is 0 Å². The highest BCUT2D eigenvalue weighted by Crippen LogP contribution is 2.36. The van der Waals surface area contributed by atoms with Gasteiger partial charge in [-0.05, 0) is 70.9 Å². The first kappa shape index (κ1) is 16.3. The van der Waals surface area contributed by atoms with Crippen LogP contribution in [-0.2, 0) is 5.41 Å². The van der Waals surface area contributed by atoms with Gasteiger partial charge in [0.05, 0.1) is 6.04 Å². The fourth-order valence-electron chi connectivity index (χ4n) is 2.10. The van der Waals surface area contributed by atoms with E-state index in [1.807, 2.05) is 24.5 Å². The number of thiophene rings is 1. The first-order valence-corrected chi connectivity index (χ1v) is 8.82. The van der Waals surface area contributed by atoms with Crippen LogP contribution in [0.1, 0.15) is 42.1 Å². The van der Waals surface area contributed by atoms with Crippen LogP contribution >= 0.6 is 45.5 Å². The van der Waals surface area contributed by atoms with E-state index in [0.717, 1.165) is 5.02 Å². The molecule has 0 saturated heterocycles. The van der Waals surface area contributed by atoms with Gasteiger partial charge >= 0.3 is 0 Å². The Labute approximate surface area is 143 Å². The molecule has 1 unspecified atom stereocenters. The second-order valence-electron chi connectivity index (χ2n) is 5.84. The topological polar surface area (TPSA) is 12.0 Å². The maximum atomic E-state index is 6.16. The number of hydrogen-bond acceptors (Lipinski definition) is 2. The van der Waals surface area contributed by atoms with Gasteiger partial charge in [-0.1, -0.05) is 32.4 Å². The van der Waals surface area contributed by atoms with Gasteiger partial charge in [-0.3, -0.25) is 0 Å². The van der Waals surface area contributed by atoms with Crippen molar-refractivity contribution in [1.29, 1.82) is 0 Å². The van der Waals surface area contributed by atoms with Gasteiger partial charge in [0, 0.05) is 18.3 Å². The number of hydrogen-bond donors (Lipinski definition) is 1. The highest BCUT2D eigenvalue weighted by Gasteiger charge is 2.21. The van der Waals surface area contributed by atoms with Crippen molar-refractivity contribution in [2.75, 3.05) is 7.05 Å². The molecule has 0 fully saturated rings.